The molecule has 0 saturated heterocycles. The lowest BCUT2D eigenvalue weighted by Gasteiger charge is -2.35. The molecular weight excluding hydrogens is 350 g/mol. The van der Waals surface area contributed by atoms with Crippen LogP contribution < -0.4 is 0 Å². The van der Waals surface area contributed by atoms with Gasteiger partial charge in [-0.05, 0) is 38.5 Å². The Bertz CT molecular complexity index is 226. The molecule has 0 aromatic carbocycles. The van der Waals surface area contributed by atoms with Crippen LogP contribution in [0.2, 0.25) is 0 Å². The van der Waals surface area contributed by atoms with E-state index in [9.17, 15) is 0 Å². The predicted octanol–water partition coefficient (Wildman–Crippen LogP) is 8.94. The standard InChI is InChI=1S/C25H54N.ClH/c1-5-8-11-14-17-20-23-26(4,24-21-18-15-12-9-6-2)25-22-19-16-13-10-7-3;/h5-25H2,1-4H3;1H/q+1;. The summed E-state index contributed by atoms with van der Waals surface area (Å²) in [4.78, 5) is 0. The lowest BCUT2D eigenvalue weighted by atomic mass is 10.1. The maximum atomic E-state index is 2.56. The fraction of sp³-hybridized carbons (Fsp3) is 1.00. The van der Waals surface area contributed by atoms with Gasteiger partial charge >= 0.3 is 0 Å². The average molecular weight is 405 g/mol. The van der Waals surface area contributed by atoms with Gasteiger partial charge in [-0.25, -0.2) is 0 Å². The maximum absolute atomic E-state index is 2.56. The van der Waals surface area contributed by atoms with Gasteiger partial charge in [0.1, 0.15) is 0 Å². The highest BCUT2D eigenvalue weighted by atomic mass is 35.5. The van der Waals surface area contributed by atoms with Crippen molar-refractivity contribution in [2.24, 2.45) is 0 Å². The van der Waals surface area contributed by atoms with Crippen LogP contribution in [0.1, 0.15) is 136 Å². The van der Waals surface area contributed by atoms with Gasteiger partial charge in [-0.2, -0.15) is 0 Å². The molecule has 0 spiro atoms. The number of quaternary nitrogens is 1. The molecule has 0 radical (unpaired) electrons. The predicted molar refractivity (Wildman–Crippen MR) is 128 cm³/mol. The van der Waals surface area contributed by atoms with Crippen molar-refractivity contribution in [3.63, 3.8) is 0 Å². The molecule has 0 rings (SSSR count). The summed E-state index contributed by atoms with van der Waals surface area (Å²) in [6, 6.07) is 0. The zero-order valence-electron chi connectivity index (χ0n) is 19.7. The molecule has 0 N–H and O–H groups in total. The molecule has 0 amide bonds. The lowest BCUT2D eigenvalue weighted by Crippen LogP contribution is -2.46. The van der Waals surface area contributed by atoms with E-state index in [2.05, 4.69) is 27.8 Å². The second-order valence-corrected chi connectivity index (χ2v) is 9.09. The van der Waals surface area contributed by atoms with Crippen LogP contribution in [0, 0.1) is 0 Å². The van der Waals surface area contributed by atoms with E-state index >= 15 is 0 Å². The summed E-state index contributed by atoms with van der Waals surface area (Å²) in [7, 11) is 2.56. The Kier molecular flexibility index (Phi) is 24.6. The number of nitrogens with zero attached hydrogens (tertiary/aromatic N) is 1. The van der Waals surface area contributed by atoms with Crippen LogP contribution in [0.4, 0.5) is 0 Å². The van der Waals surface area contributed by atoms with Crippen molar-refractivity contribution >= 4 is 12.4 Å². The SMILES string of the molecule is CCCCCCCC[N+](C)(CCCCCCCC)CCCCCCCC.Cl. The van der Waals surface area contributed by atoms with E-state index in [0.717, 1.165) is 0 Å². The molecule has 0 aromatic heterocycles. The minimum absolute atomic E-state index is 0. The smallest absolute Gasteiger partial charge is 0.0784 e. The molecule has 0 saturated carbocycles. The van der Waals surface area contributed by atoms with Crippen LogP contribution in [0.15, 0.2) is 0 Å². The molecule has 0 unspecified atom stereocenters. The molecule has 0 aliphatic heterocycles. The summed E-state index contributed by atoms with van der Waals surface area (Å²) in [6.07, 6.45) is 25.9. The summed E-state index contributed by atoms with van der Waals surface area (Å²) in [5, 5.41) is 0. The lowest BCUT2D eigenvalue weighted by molar-refractivity contribution is -0.910. The van der Waals surface area contributed by atoms with Crippen molar-refractivity contribution in [1.29, 1.82) is 0 Å². The van der Waals surface area contributed by atoms with Crippen molar-refractivity contribution in [1.82, 2.24) is 0 Å². The van der Waals surface area contributed by atoms with E-state index in [4.69, 9.17) is 0 Å². The molecular formula is C25H55ClN+. The molecule has 166 valence electrons. The van der Waals surface area contributed by atoms with Crippen molar-refractivity contribution in [3.8, 4) is 0 Å². The first-order valence-corrected chi connectivity index (χ1v) is 12.5. The van der Waals surface area contributed by atoms with Crippen molar-refractivity contribution in [2.45, 2.75) is 136 Å². The number of halogens is 1. The van der Waals surface area contributed by atoms with Crippen LogP contribution >= 0.6 is 12.4 Å². The van der Waals surface area contributed by atoms with Crippen molar-refractivity contribution in [3.05, 3.63) is 0 Å². The monoisotopic (exact) mass is 404 g/mol. The summed E-state index contributed by atoms with van der Waals surface area (Å²) >= 11 is 0. The van der Waals surface area contributed by atoms with Gasteiger partial charge in [0.25, 0.3) is 0 Å². The molecule has 0 aliphatic carbocycles. The first-order valence-electron chi connectivity index (χ1n) is 12.5. The average Bonchev–Trinajstić information content (AvgIpc) is 2.64. The highest BCUT2D eigenvalue weighted by molar-refractivity contribution is 5.85. The Balaban J connectivity index is 0. The van der Waals surface area contributed by atoms with Crippen LogP contribution in [-0.2, 0) is 0 Å². The quantitative estimate of drug-likeness (QED) is 0.132. The first kappa shape index (κ1) is 29.5. The normalized spacial score (nSPS) is 11.6. The second-order valence-electron chi connectivity index (χ2n) is 9.09. The third-order valence-electron chi connectivity index (χ3n) is 6.15. The number of hydrogen-bond acceptors (Lipinski definition) is 0. The van der Waals surface area contributed by atoms with Crippen molar-refractivity contribution < 1.29 is 4.48 Å². The topological polar surface area (TPSA) is 0 Å². The molecule has 0 atom stereocenters. The molecule has 0 fully saturated rings. The van der Waals surface area contributed by atoms with E-state index in [1.165, 1.54) is 140 Å². The number of rotatable bonds is 21. The maximum Gasteiger partial charge on any atom is 0.0784 e. The van der Waals surface area contributed by atoms with Gasteiger partial charge in [0, 0.05) is 0 Å². The number of unbranched alkanes of at least 4 members (excludes halogenated alkanes) is 15. The number of hydrogen-bond donors (Lipinski definition) is 0. The van der Waals surface area contributed by atoms with E-state index in [0.29, 0.717) is 0 Å². The van der Waals surface area contributed by atoms with E-state index < -0.39 is 0 Å². The van der Waals surface area contributed by atoms with E-state index in [1.54, 1.807) is 0 Å². The third kappa shape index (κ3) is 20.8. The van der Waals surface area contributed by atoms with Gasteiger partial charge < -0.3 is 4.48 Å². The first-order chi connectivity index (χ1) is 12.7. The molecule has 0 heterocycles. The molecule has 1 nitrogen and oxygen atoms in total. The van der Waals surface area contributed by atoms with Crippen LogP contribution in [0.3, 0.4) is 0 Å². The Labute approximate surface area is 180 Å². The fourth-order valence-corrected chi connectivity index (χ4v) is 4.16. The largest absolute Gasteiger partial charge is 0.326 e. The van der Waals surface area contributed by atoms with E-state index in [-0.39, 0.29) is 12.4 Å². The second kappa shape index (κ2) is 22.5. The zero-order chi connectivity index (χ0) is 19.3. The molecule has 0 bridgehead atoms. The third-order valence-corrected chi connectivity index (χ3v) is 6.15. The summed E-state index contributed by atoms with van der Waals surface area (Å²) in [5.41, 5.74) is 0. The van der Waals surface area contributed by atoms with Gasteiger partial charge in [0.15, 0.2) is 0 Å². The molecule has 0 aromatic rings. The van der Waals surface area contributed by atoms with Gasteiger partial charge in [-0.3, -0.25) is 0 Å². The van der Waals surface area contributed by atoms with Gasteiger partial charge in [-0.15, -0.1) is 12.4 Å². The van der Waals surface area contributed by atoms with Gasteiger partial charge in [0.05, 0.1) is 26.7 Å². The van der Waals surface area contributed by atoms with Gasteiger partial charge in [0.2, 0.25) is 0 Å². The zero-order valence-corrected chi connectivity index (χ0v) is 20.5. The fourth-order valence-electron chi connectivity index (χ4n) is 4.16. The Morgan fingerprint density at radius 2 is 0.593 bits per heavy atom. The summed E-state index contributed by atoms with van der Waals surface area (Å²) < 4.78 is 1.36. The molecule has 0 aliphatic rings. The summed E-state index contributed by atoms with van der Waals surface area (Å²) in [6.45, 7) is 11.2. The van der Waals surface area contributed by atoms with Crippen molar-refractivity contribution in [2.75, 3.05) is 26.7 Å². The minimum atomic E-state index is 0. The van der Waals surface area contributed by atoms with Crippen LogP contribution in [0.25, 0.3) is 0 Å². The molecule has 2 heteroatoms. The van der Waals surface area contributed by atoms with Crippen LogP contribution in [-0.4, -0.2) is 31.2 Å². The highest BCUT2D eigenvalue weighted by Gasteiger charge is 2.20. The van der Waals surface area contributed by atoms with Gasteiger partial charge in [-0.1, -0.05) is 97.8 Å². The minimum Gasteiger partial charge on any atom is -0.326 e. The Morgan fingerprint density at radius 3 is 0.852 bits per heavy atom. The van der Waals surface area contributed by atoms with Crippen LogP contribution in [0.5, 0.6) is 0 Å². The summed E-state index contributed by atoms with van der Waals surface area (Å²) in [5.74, 6) is 0. The Morgan fingerprint density at radius 1 is 0.370 bits per heavy atom. The highest BCUT2D eigenvalue weighted by Crippen LogP contribution is 2.16. The Hall–Kier alpha value is 0.250. The molecule has 27 heavy (non-hydrogen) atoms. The van der Waals surface area contributed by atoms with E-state index in [1.807, 2.05) is 0 Å².